The topological polar surface area (TPSA) is 24.9 Å². The van der Waals surface area contributed by atoms with E-state index in [-0.39, 0.29) is 18.2 Å². The van der Waals surface area contributed by atoms with Crippen molar-refractivity contribution in [1.29, 1.82) is 0 Å². The zero-order chi connectivity index (χ0) is 7.40. The summed E-state index contributed by atoms with van der Waals surface area (Å²) in [6, 6.07) is 1.46. The van der Waals surface area contributed by atoms with E-state index >= 15 is 0 Å². The molecule has 0 bridgehead atoms. The number of nitrogens with zero attached hydrogens (tertiary/aromatic N) is 1. The van der Waals surface area contributed by atoms with Gasteiger partial charge in [-0.2, -0.15) is 0 Å². The van der Waals surface area contributed by atoms with Gasteiger partial charge in [0.15, 0.2) is 0 Å². The van der Waals surface area contributed by atoms with Gasteiger partial charge in [0, 0.05) is 12.7 Å². The summed E-state index contributed by atoms with van der Waals surface area (Å²) < 4.78 is 12.4. The Kier molecular flexibility index (Phi) is 4.74. The number of halogens is 2. The molecule has 1 rings (SSSR count). The molecule has 0 atom stereocenters. The molecule has 0 aromatic carbocycles. The van der Waals surface area contributed by atoms with E-state index in [1.807, 2.05) is 7.05 Å². The number of hydrogen-bond acceptors (Lipinski definition) is 2. The van der Waals surface area contributed by atoms with Gasteiger partial charge in [-0.15, -0.1) is 12.4 Å². The highest BCUT2D eigenvalue weighted by Gasteiger charge is 1.92. The monoisotopic (exact) mass is 176 g/mol. The molecule has 0 spiro atoms. The Balaban J connectivity index is 0.000001000. The molecule has 0 unspecified atom stereocenters. The standard InChI is InChI=1S/C7H9FN2.ClH/c1-9-3-6-2-7(8)5-10-4-6;/h2,4-5,9H,3H2,1H3;1H. The summed E-state index contributed by atoms with van der Waals surface area (Å²) in [5.41, 5.74) is 0.863. The van der Waals surface area contributed by atoms with Gasteiger partial charge in [-0.05, 0) is 18.7 Å². The molecule has 0 saturated heterocycles. The molecule has 1 N–H and O–H groups in total. The van der Waals surface area contributed by atoms with E-state index in [4.69, 9.17) is 0 Å². The first kappa shape index (κ1) is 10.3. The van der Waals surface area contributed by atoms with Crippen LogP contribution in [0.2, 0.25) is 0 Å². The molecule has 1 aromatic heterocycles. The second-order valence-electron chi connectivity index (χ2n) is 2.04. The van der Waals surface area contributed by atoms with Gasteiger partial charge >= 0.3 is 0 Å². The molecule has 2 nitrogen and oxygen atoms in total. The van der Waals surface area contributed by atoms with Crippen molar-refractivity contribution in [2.75, 3.05) is 7.05 Å². The van der Waals surface area contributed by atoms with Crippen molar-refractivity contribution in [2.24, 2.45) is 0 Å². The van der Waals surface area contributed by atoms with Gasteiger partial charge in [0.1, 0.15) is 5.82 Å². The highest BCUT2D eigenvalue weighted by atomic mass is 35.5. The third kappa shape index (κ3) is 3.30. The Hall–Kier alpha value is -0.670. The second-order valence-corrected chi connectivity index (χ2v) is 2.04. The van der Waals surface area contributed by atoms with Crippen LogP contribution in [0, 0.1) is 5.82 Å². The Morgan fingerprint density at radius 1 is 1.55 bits per heavy atom. The van der Waals surface area contributed by atoms with Crippen LogP contribution in [0.15, 0.2) is 18.5 Å². The van der Waals surface area contributed by atoms with Crippen LogP contribution in [0.4, 0.5) is 4.39 Å². The SMILES string of the molecule is CNCc1cncc(F)c1.Cl. The molecule has 62 valence electrons. The maximum absolute atomic E-state index is 12.4. The Morgan fingerprint density at radius 2 is 2.27 bits per heavy atom. The van der Waals surface area contributed by atoms with Crippen molar-refractivity contribution >= 4 is 12.4 Å². The van der Waals surface area contributed by atoms with Gasteiger partial charge in [0.05, 0.1) is 6.20 Å². The summed E-state index contributed by atoms with van der Waals surface area (Å²) in [6.45, 7) is 0.658. The summed E-state index contributed by atoms with van der Waals surface area (Å²) in [6.07, 6.45) is 2.83. The fourth-order valence-corrected chi connectivity index (χ4v) is 0.757. The Bertz CT molecular complexity index is 217. The summed E-state index contributed by atoms with van der Waals surface area (Å²) in [5, 5.41) is 2.90. The molecule has 4 heteroatoms. The maximum atomic E-state index is 12.4. The summed E-state index contributed by atoms with van der Waals surface area (Å²) >= 11 is 0. The number of hydrogen-bond donors (Lipinski definition) is 1. The highest BCUT2D eigenvalue weighted by Crippen LogP contribution is 1.98. The van der Waals surface area contributed by atoms with Gasteiger partial charge in [-0.3, -0.25) is 4.98 Å². The van der Waals surface area contributed by atoms with Crippen LogP contribution in [-0.2, 0) is 6.54 Å². The Labute approximate surface area is 71.2 Å². The van der Waals surface area contributed by atoms with Crippen molar-refractivity contribution in [2.45, 2.75) is 6.54 Å². The van der Waals surface area contributed by atoms with Crippen LogP contribution in [-0.4, -0.2) is 12.0 Å². The first-order chi connectivity index (χ1) is 4.83. The fourth-order valence-electron chi connectivity index (χ4n) is 0.757. The lowest BCUT2D eigenvalue weighted by Crippen LogP contribution is -2.05. The fraction of sp³-hybridized carbons (Fsp3) is 0.286. The molecule has 0 aliphatic heterocycles. The van der Waals surface area contributed by atoms with Crippen molar-refractivity contribution < 1.29 is 4.39 Å². The molecule has 0 fully saturated rings. The smallest absolute Gasteiger partial charge is 0.141 e. The lowest BCUT2D eigenvalue weighted by atomic mass is 10.3. The molecule has 1 heterocycles. The van der Waals surface area contributed by atoms with E-state index in [0.717, 1.165) is 5.56 Å². The number of aromatic nitrogens is 1. The zero-order valence-corrected chi connectivity index (χ0v) is 6.99. The molecule has 11 heavy (non-hydrogen) atoms. The molecular weight excluding hydrogens is 167 g/mol. The van der Waals surface area contributed by atoms with Crippen molar-refractivity contribution in [3.05, 3.63) is 29.8 Å². The summed E-state index contributed by atoms with van der Waals surface area (Å²) in [4.78, 5) is 3.69. The van der Waals surface area contributed by atoms with Gasteiger partial charge in [-0.1, -0.05) is 0 Å². The van der Waals surface area contributed by atoms with E-state index in [1.165, 1.54) is 12.3 Å². The summed E-state index contributed by atoms with van der Waals surface area (Å²) in [5.74, 6) is -0.284. The van der Waals surface area contributed by atoms with Crippen LogP contribution >= 0.6 is 12.4 Å². The predicted molar refractivity (Wildman–Crippen MR) is 44.2 cm³/mol. The van der Waals surface area contributed by atoms with Gasteiger partial charge < -0.3 is 5.32 Å². The molecule has 0 aliphatic rings. The minimum absolute atomic E-state index is 0. The molecule has 0 saturated carbocycles. The lowest BCUT2D eigenvalue weighted by Gasteiger charge is -1.96. The predicted octanol–water partition coefficient (Wildman–Crippen LogP) is 1.36. The molecular formula is C7H10ClFN2. The number of pyridine rings is 1. The zero-order valence-electron chi connectivity index (χ0n) is 6.17. The van der Waals surface area contributed by atoms with Crippen molar-refractivity contribution in [3.8, 4) is 0 Å². The molecule has 0 aliphatic carbocycles. The molecule has 0 amide bonds. The van der Waals surface area contributed by atoms with Crippen LogP contribution < -0.4 is 5.32 Å². The van der Waals surface area contributed by atoms with Crippen LogP contribution in [0.1, 0.15) is 5.56 Å². The van der Waals surface area contributed by atoms with Gasteiger partial charge in [0.2, 0.25) is 0 Å². The lowest BCUT2D eigenvalue weighted by molar-refractivity contribution is 0.616. The first-order valence-corrected chi connectivity index (χ1v) is 3.07. The van der Waals surface area contributed by atoms with Crippen molar-refractivity contribution in [1.82, 2.24) is 10.3 Å². The van der Waals surface area contributed by atoms with E-state index in [1.54, 1.807) is 6.20 Å². The van der Waals surface area contributed by atoms with Gasteiger partial charge in [-0.25, -0.2) is 4.39 Å². The van der Waals surface area contributed by atoms with E-state index < -0.39 is 0 Å². The molecule has 1 aromatic rings. The number of nitrogens with one attached hydrogen (secondary N) is 1. The van der Waals surface area contributed by atoms with Crippen LogP contribution in [0.25, 0.3) is 0 Å². The quantitative estimate of drug-likeness (QED) is 0.736. The van der Waals surface area contributed by atoms with E-state index in [0.29, 0.717) is 6.54 Å². The van der Waals surface area contributed by atoms with Crippen LogP contribution in [0.3, 0.4) is 0 Å². The van der Waals surface area contributed by atoms with E-state index in [9.17, 15) is 4.39 Å². The average Bonchev–Trinajstić information content (AvgIpc) is 1.88. The summed E-state index contributed by atoms with van der Waals surface area (Å²) in [7, 11) is 1.81. The third-order valence-electron chi connectivity index (χ3n) is 1.14. The minimum Gasteiger partial charge on any atom is -0.316 e. The number of rotatable bonds is 2. The van der Waals surface area contributed by atoms with Crippen LogP contribution in [0.5, 0.6) is 0 Å². The minimum atomic E-state index is -0.284. The van der Waals surface area contributed by atoms with E-state index in [2.05, 4.69) is 10.3 Å². The second kappa shape index (κ2) is 5.04. The average molecular weight is 177 g/mol. The third-order valence-corrected chi connectivity index (χ3v) is 1.14. The van der Waals surface area contributed by atoms with Crippen molar-refractivity contribution in [3.63, 3.8) is 0 Å². The largest absolute Gasteiger partial charge is 0.316 e. The first-order valence-electron chi connectivity index (χ1n) is 3.07. The van der Waals surface area contributed by atoms with Gasteiger partial charge in [0.25, 0.3) is 0 Å². The highest BCUT2D eigenvalue weighted by molar-refractivity contribution is 5.85. The normalized spacial score (nSPS) is 8.91. The maximum Gasteiger partial charge on any atom is 0.141 e. The Morgan fingerprint density at radius 3 is 2.82 bits per heavy atom. The molecule has 0 radical (unpaired) electrons.